The minimum Gasteiger partial charge on any atom is -0.497 e. The number of aromatic nitrogens is 3. The fraction of sp³-hybridized carbons (Fsp3) is 0.214. The number of aryl methyl sites for hydroxylation is 2. The molecule has 2 heterocycles. The lowest BCUT2D eigenvalue weighted by atomic mass is 9.98. The molecule has 1 aliphatic rings. The molecule has 36 heavy (non-hydrogen) atoms. The molecular weight excluding hydrogens is 470 g/mol. The van der Waals surface area contributed by atoms with Gasteiger partial charge in [-0.1, -0.05) is 66.4 Å². The summed E-state index contributed by atoms with van der Waals surface area (Å²) in [5, 5.41) is 15.7. The summed E-state index contributed by atoms with van der Waals surface area (Å²) in [5.41, 5.74) is 5.06. The van der Waals surface area contributed by atoms with E-state index < -0.39 is 0 Å². The molecule has 182 valence electrons. The van der Waals surface area contributed by atoms with Crippen LogP contribution in [0.5, 0.6) is 5.75 Å². The fourth-order valence-electron chi connectivity index (χ4n) is 4.32. The van der Waals surface area contributed by atoms with Crippen molar-refractivity contribution < 1.29 is 9.53 Å². The maximum absolute atomic E-state index is 13.5. The van der Waals surface area contributed by atoms with E-state index in [1.807, 2.05) is 78.2 Å². The molecule has 4 aromatic rings. The van der Waals surface area contributed by atoms with Crippen molar-refractivity contribution in [1.82, 2.24) is 19.8 Å². The number of hydrazone groups is 1. The van der Waals surface area contributed by atoms with Gasteiger partial charge in [0.25, 0.3) is 5.91 Å². The molecule has 1 aliphatic heterocycles. The average molecular weight is 498 g/mol. The van der Waals surface area contributed by atoms with Gasteiger partial charge in [-0.15, -0.1) is 10.2 Å². The van der Waals surface area contributed by atoms with Crippen molar-refractivity contribution in [1.29, 1.82) is 0 Å². The lowest BCUT2D eigenvalue weighted by Gasteiger charge is -2.22. The second-order valence-corrected chi connectivity index (χ2v) is 9.58. The number of rotatable bonds is 7. The minimum absolute atomic E-state index is 0.0804. The van der Waals surface area contributed by atoms with E-state index in [-0.39, 0.29) is 17.7 Å². The Labute approximate surface area is 214 Å². The van der Waals surface area contributed by atoms with Gasteiger partial charge in [0, 0.05) is 12.1 Å². The summed E-state index contributed by atoms with van der Waals surface area (Å²) in [6.07, 6.45) is 0.644. The van der Waals surface area contributed by atoms with Gasteiger partial charge in [0.15, 0.2) is 5.16 Å². The first-order valence-electron chi connectivity index (χ1n) is 11.7. The molecule has 0 N–H and O–H groups in total. The number of hydrogen-bond acceptors (Lipinski definition) is 6. The first-order valence-corrected chi connectivity index (χ1v) is 12.7. The number of nitrogens with zero attached hydrogens (tertiary/aromatic N) is 5. The molecule has 1 unspecified atom stereocenters. The normalized spacial score (nSPS) is 15.1. The van der Waals surface area contributed by atoms with E-state index in [4.69, 9.17) is 9.84 Å². The molecule has 0 saturated heterocycles. The zero-order valence-corrected chi connectivity index (χ0v) is 21.3. The zero-order valence-electron chi connectivity index (χ0n) is 20.5. The van der Waals surface area contributed by atoms with Gasteiger partial charge in [-0.05, 0) is 54.8 Å². The Bertz CT molecular complexity index is 1400. The first kappa shape index (κ1) is 23.8. The maximum atomic E-state index is 13.5. The van der Waals surface area contributed by atoms with Crippen LogP contribution in [0.25, 0.3) is 5.69 Å². The van der Waals surface area contributed by atoms with E-state index >= 15 is 0 Å². The lowest BCUT2D eigenvalue weighted by molar-refractivity contribution is -0.130. The Kier molecular flexibility index (Phi) is 6.86. The van der Waals surface area contributed by atoms with E-state index in [0.29, 0.717) is 11.6 Å². The van der Waals surface area contributed by atoms with Crippen molar-refractivity contribution >= 4 is 23.4 Å². The molecular formula is C28H27N5O2S. The van der Waals surface area contributed by atoms with Crippen LogP contribution in [0.1, 0.15) is 35.0 Å². The van der Waals surface area contributed by atoms with Crippen LogP contribution >= 0.6 is 11.8 Å². The third-order valence-electron chi connectivity index (χ3n) is 6.15. The van der Waals surface area contributed by atoms with Crippen molar-refractivity contribution in [2.45, 2.75) is 31.5 Å². The summed E-state index contributed by atoms with van der Waals surface area (Å²) in [7, 11) is 1.64. The zero-order chi connectivity index (χ0) is 25.1. The number of carbonyl (C=O) groups is 1. The summed E-state index contributed by atoms with van der Waals surface area (Å²) < 4.78 is 7.29. The molecule has 1 amide bonds. The topological polar surface area (TPSA) is 72.6 Å². The SMILES string of the molecule is COc1ccc(C2CC(c3ccccc3)=NN2C(=O)CSc2nnc(C)n2-c2cccc(C)c2)cc1. The van der Waals surface area contributed by atoms with Crippen molar-refractivity contribution in [3.05, 3.63) is 101 Å². The highest BCUT2D eigenvalue weighted by Crippen LogP contribution is 2.34. The van der Waals surface area contributed by atoms with Gasteiger partial charge in [-0.25, -0.2) is 5.01 Å². The Morgan fingerprint density at radius 1 is 1.00 bits per heavy atom. The van der Waals surface area contributed by atoms with E-state index in [2.05, 4.69) is 29.3 Å². The van der Waals surface area contributed by atoms with Crippen molar-refractivity contribution in [3.63, 3.8) is 0 Å². The Balaban J connectivity index is 1.40. The summed E-state index contributed by atoms with van der Waals surface area (Å²) in [6, 6.07) is 25.8. The number of carbonyl (C=O) groups excluding carboxylic acids is 1. The van der Waals surface area contributed by atoms with E-state index in [0.717, 1.165) is 39.7 Å². The van der Waals surface area contributed by atoms with Crippen LogP contribution in [-0.2, 0) is 4.79 Å². The summed E-state index contributed by atoms with van der Waals surface area (Å²) in [6.45, 7) is 3.96. The Morgan fingerprint density at radius 3 is 2.50 bits per heavy atom. The lowest BCUT2D eigenvalue weighted by Crippen LogP contribution is -2.28. The van der Waals surface area contributed by atoms with Crippen LogP contribution in [-0.4, -0.2) is 44.3 Å². The van der Waals surface area contributed by atoms with Crippen molar-refractivity contribution in [2.24, 2.45) is 5.10 Å². The van der Waals surface area contributed by atoms with E-state index in [1.165, 1.54) is 11.8 Å². The number of amides is 1. The second kappa shape index (κ2) is 10.4. The molecule has 0 aliphatic carbocycles. The predicted octanol–water partition coefficient (Wildman–Crippen LogP) is 5.36. The van der Waals surface area contributed by atoms with Crippen LogP contribution in [0.4, 0.5) is 0 Å². The van der Waals surface area contributed by atoms with Gasteiger partial charge in [-0.2, -0.15) is 5.10 Å². The highest BCUT2D eigenvalue weighted by molar-refractivity contribution is 7.99. The number of ether oxygens (including phenoxy) is 1. The van der Waals surface area contributed by atoms with E-state index in [9.17, 15) is 4.79 Å². The molecule has 7 nitrogen and oxygen atoms in total. The monoisotopic (exact) mass is 497 g/mol. The third-order valence-corrected chi connectivity index (χ3v) is 7.07. The molecule has 0 saturated carbocycles. The second-order valence-electron chi connectivity index (χ2n) is 8.64. The third kappa shape index (κ3) is 4.90. The molecule has 8 heteroatoms. The molecule has 0 radical (unpaired) electrons. The fourth-order valence-corrected chi connectivity index (χ4v) is 5.17. The maximum Gasteiger partial charge on any atom is 0.253 e. The largest absolute Gasteiger partial charge is 0.497 e. The van der Waals surface area contributed by atoms with Crippen LogP contribution in [0.3, 0.4) is 0 Å². The Hall–Kier alpha value is -3.91. The van der Waals surface area contributed by atoms with Crippen molar-refractivity contribution in [3.8, 4) is 11.4 Å². The van der Waals surface area contributed by atoms with Crippen molar-refractivity contribution in [2.75, 3.05) is 12.9 Å². The van der Waals surface area contributed by atoms with Gasteiger partial charge in [0.2, 0.25) is 0 Å². The first-order chi connectivity index (χ1) is 17.5. The smallest absolute Gasteiger partial charge is 0.253 e. The van der Waals surface area contributed by atoms with Gasteiger partial charge in [0.1, 0.15) is 11.6 Å². The molecule has 3 aromatic carbocycles. The standard InChI is InChI=1S/C28H27N5O2S/c1-19-8-7-11-23(16-19)32-20(2)29-30-28(32)36-18-27(34)33-26(22-12-14-24(35-3)15-13-22)17-25(31-33)21-9-5-4-6-10-21/h4-16,26H,17-18H2,1-3H3. The highest BCUT2D eigenvalue weighted by atomic mass is 32.2. The van der Waals surface area contributed by atoms with Crippen LogP contribution < -0.4 is 4.74 Å². The Morgan fingerprint density at radius 2 is 1.78 bits per heavy atom. The van der Waals surface area contributed by atoms with Gasteiger partial charge in [0.05, 0.1) is 24.6 Å². The van der Waals surface area contributed by atoms with Crippen LogP contribution in [0.2, 0.25) is 0 Å². The molecule has 5 rings (SSSR count). The van der Waals surface area contributed by atoms with Gasteiger partial charge < -0.3 is 4.74 Å². The number of methoxy groups -OCH3 is 1. The highest BCUT2D eigenvalue weighted by Gasteiger charge is 2.33. The molecule has 1 atom stereocenters. The average Bonchev–Trinajstić information content (AvgIpc) is 3.52. The minimum atomic E-state index is -0.185. The summed E-state index contributed by atoms with van der Waals surface area (Å²) in [4.78, 5) is 13.5. The number of thioether (sulfide) groups is 1. The predicted molar refractivity (Wildman–Crippen MR) is 142 cm³/mol. The van der Waals surface area contributed by atoms with E-state index in [1.54, 1.807) is 12.1 Å². The summed E-state index contributed by atoms with van der Waals surface area (Å²) in [5.74, 6) is 1.67. The summed E-state index contributed by atoms with van der Waals surface area (Å²) >= 11 is 1.37. The number of hydrogen-bond donors (Lipinski definition) is 0. The van der Waals surface area contributed by atoms with Crippen LogP contribution in [0, 0.1) is 13.8 Å². The molecule has 1 aromatic heterocycles. The number of benzene rings is 3. The molecule has 0 bridgehead atoms. The van der Waals surface area contributed by atoms with Gasteiger partial charge in [-0.3, -0.25) is 9.36 Å². The molecule has 0 spiro atoms. The quantitative estimate of drug-likeness (QED) is 0.321. The van der Waals surface area contributed by atoms with Crippen LogP contribution in [0.15, 0.2) is 89.1 Å². The molecule has 0 fully saturated rings. The van der Waals surface area contributed by atoms with Gasteiger partial charge >= 0.3 is 0 Å².